The van der Waals surface area contributed by atoms with E-state index in [1.165, 1.54) is 27.8 Å². The van der Waals surface area contributed by atoms with Crippen LogP contribution in [-0.2, 0) is 47.9 Å². The van der Waals surface area contributed by atoms with E-state index in [0.717, 1.165) is 4.90 Å². The maximum atomic E-state index is 14.0. The lowest BCUT2D eigenvalue weighted by atomic mass is 9.95. The van der Waals surface area contributed by atoms with Gasteiger partial charge in [0, 0.05) is 27.1 Å². The minimum Gasteiger partial charge on any atom is -0.391 e. The smallest absolute Gasteiger partial charge is 0.245 e. The van der Waals surface area contributed by atoms with Crippen LogP contribution in [-0.4, -0.2) is 157 Å². The Kier molecular flexibility index (Phi) is 29.0. The van der Waals surface area contributed by atoms with Crippen molar-refractivity contribution in [2.75, 3.05) is 33.2 Å². The van der Waals surface area contributed by atoms with E-state index < -0.39 is 126 Å². The number of carbonyl (C=O) groups is 10. The van der Waals surface area contributed by atoms with Crippen LogP contribution in [0, 0.1) is 17.8 Å². The third-order valence-electron chi connectivity index (χ3n) is 11.2. The van der Waals surface area contributed by atoms with Gasteiger partial charge in [-0.05, 0) is 57.8 Å². The monoisotopic (exact) mass is 968 g/mol. The molecule has 0 aromatic rings. The highest BCUT2D eigenvalue weighted by atomic mass is 16.3. The normalized spacial score (nSPS) is 15.4. The molecule has 0 fully saturated rings. The number of aliphatic hydroxyl groups is 1. The first kappa shape index (κ1) is 61.9. The van der Waals surface area contributed by atoms with E-state index >= 15 is 0 Å². The van der Waals surface area contributed by atoms with Crippen LogP contribution in [0.2, 0.25) is 0 Å². The van der Waals surface area contributed by atoms with Gasteiger partial charge in [-0.15, -0.1) is 0 Å². The number of aliphatic hydroxyl groups excluding tert-OH is 1. The second-order valence-electron chi connectivity index (χ2n) is 17.4. The third-order valence-corrected chi connectivity index (χ3v) is 11.2. The average Bonchev–Trinajstić information content (AvgIpc) is 3.26. The number of hydrogen-bond donors (Lipinski definition) is 12. The zero-order valence-corrected chi connectivity index (χ0v) is 42.0. The molecule has 0 bridgehead atoms. The molecule has 24 heteroatoms. The number of guanidine groups is 1. The molecule has 10 atom stereocenters. The predicted octanol–water partition coefficient (Wildman–Crippen LogP) is -2.89. The molecular formula is C44H81N13O11. The van der Waals surface area contributed by atoms with Gasteiger partial charge in [-0.1, -0.05) is 67.7 Å². The number of carbonyl (C=O) groups excluding carboxylic acids is 10. The Labute approximate surface area is 400 Å². The highest BCUT2D eigenvalue weighted by Gasteiger charge is 2.37. The minimum atomic E-state index is -1.63. The van der Waals surface area contributed by atoms with E-state index in [1.54, 1.807) is 55.4 Å². The SMILES string of the molecule is CCC[C@H](NC(=O)[C@@H](NC(=O)[C@H](NC(=O)[C@@H](NC(=O)CNC(=O)CN(C)C(C)=O)C(C)C)[C@@H](C)CC)[C@@H](C)O)C(=O)N[C@H](C(=O)N[C@@H](CCCN=C(N)N)C(=O)N[C@H](C)C(=O)NCC)[C@@H](C)CC. The van der Waals surface area contributed by atoms with E-state index in [9.17, 15) is 53.1 Å². The van der Waals surface area contributed by atoms with Gasteiger partial charge in [-0.3, -0.25) is 52.9 Å². The molecule has 24 nitrogen and oxygen atoms in total. The molecule has 14 N–H and O–H groups in total. The van der Waals surface area contributed by atoms with Crippen LogP contribution in [0.1, 0.15) is 115 Å². The highest BCUT2D eigenvalue weighted by Crippen LogP contribution is 2.14. The summed E-state index contributed by atoms with van der Waals surface area (Å²) in [6.45, 7) is 17.5. The van der Waals surface area contributed by atoms with Crippen molar-refractivity contribution in [3.05, 3.63) is 0 Å². The fraction of sp³-hybridized carbons (Fsp3) is 0.750. The Morgan fingerprint density at radius 1 is 0.574 bits per heavy atom. The lowest BCUT2D eigenvalue weighted by Crippen LogP contribution is -2.63. The van der Waals surface area contributed by atoms with Crippen molar-refractivity contribution < 1.29 is 53.1 Å². The van der Waals surface area contributed by atoms with E-state index in [0.29, 0.717) is 25.8 Å². The zero-order valence-electron chi connectivity index (χ0n) is 42.0. The molecule has 10 amide bonds. The summed E-state index contributed by atoms with van der Waals surface area (Å²) >= 11 is 0. The summed E-state index contributed by atoms with van der Waals surface area (Å²) in [5.74, 6) is -8.39. The summed E-state index contributed by atoms with van der Waals surface area (Å²) in [6.07, 6.45) is 0.0796. The summed E-state index contributed by atoms with van der Waals surface area (Å²) < 4.78 is 0. The first-order valence-corrected chi connectivity index (χ1v) is 23.4. The van der Waals surface area contributed by atoms with Crippen molar-refractivity contribution in [1.29, 1.82) is 0 Å². The van der Waals surface area contributed by atoms with Crippen LogP contribution < -0.4 is 59.3 Å². The summed E-state index contributed by atoms with van der Waals surface area (Å²) in [4.78, 5) is 137. The molecule has 0 aromatic heterocycles. The molecule has 0 aromatic carbocycles. The second-order valence-corrected chi connectivity index (χ2v) is 17.4. The van der Waals surface area contributed by atoms with Crippen LogP contribution in [0.5, 0.6) is 0 Å². The van der Waals surface area contributed by atoms with Crippen LogP contribution in [0.25, 0.3) is 0 Å². The largest absolute Gasteiger partial charge is 0.391 e. The predicted molar refractivity (Wildman–Crippen MR) is 254 cm³/mol. The first-order valence-electron chi connectivity index (χ1n) is 23.4. The summed E-state index contributed by atoms with van der Waals surface area (Å²) in [5, 5.41) is 34.1. The molecule has 0 saturated carbocycles. The Hall–Kier alpha value is -6.07. The number of aliphatic imine (C=N–C) groups is 1. The number of nitrogens with two attached hydrogens (primary N) is 2. The minimum absolute atomic E-state index is 0.0685. The van der Waals surface area contributed by atoms with Gasteiger partial charge >= 0.3 is 0 Å². The zero-order chi connectivity index (χ0) is 52.4. The van der Waals surface area contributed by atoms with Crippen LogP contribution in [0.15, 0.2) is 4.99 Å². The van der Waals surface area contributed by atoms with Crippen LogP contribution in [0.4, 0.5) is 0 Å². The molecule has 68 heavy (non-hydrogen) atoms. The van der Waals surface area contributed by atoms with E-state index in [1.807, 2.05) is 0 Å². The molecule has 0 saturated heterocycles. The third kappa shape index (κ3) is 22.6. The van der Waals surface area contributed by atoms with Gasteiger partial charge in [-0.25, -0.2) is 0 Å². The summed E-state index contributed by atoms with van der Waals surface area (Å²) in [5.41, 5.74) is 10.9. The van der Waals surface area contributed by atoms with E-state index in [2.05, 4.69) is 52.8 Å². The first-order chi connectivity index (χ1) is 31.8. The van der Waals surface area contributed by atoms with Gasteiger partial charge in [-0.2, -0.15) is 0 Å². The standard InChI is InChI=1S/C44H81N13O11/c1-13-18-29(39(64)54-34(24(7)14-2)41(66)52-30(19-17-20-48-44(45)46)38(63)50-26(9)37(62)47-16-4)51-43(68)36(27(10)58)56-42(67)35(25(8)15-3)55-40(65)33(23(5)6)53-31(60)21-49-32(61)22-57(12)28(11)59/h23-27,29-30,33-36,58H,13-22H2,1-12H3,(H,47,62)(H,49,61)(H,50,63)(H,51,68)(H,52,66)(H,53,60)(H,54,64)(H,55,65)(H,56,67)(H4,45,46,48)/t24-,25-,26+,27+,29-,30-,33-,34-,35+,36-/m0/s1. The van der Waals surface area contributed by atoms with E-state index in [4.69, 9.17) is 11.5 Å². The number of nitrogens with zero attached hydrogens (tertiary/aromatic N) is 2. The van der Waals surface area contributed by atoms with Gasteiger partial charge in [0.25, 0.3) is 0 Å². The molecule has 0 unspecified atom stereocenters. The molecule has 0 rings (SSSR count). The van der Waals surface area contributed by atoms with E-state index in [-0.39, 0.29) is 44.2 Å². The number of rotatable bonds is 31. The molecule has 0 aliphatic heterocycles. The van der Waals surface area contributed by atoms with Crippen molar-refractivity contribution >= 4 is 65.0 Å². The number of likely N-dealkylation sites (N-methyl/N-ethyl adjacent to an activating group) is 2. The Bertz CT molecular complexity index is 1740. The lowest BCUT2D eigenvalue weighted by Gasteiger charge is -2.31. The molecule has 0 radical (unpaired) electrons. The topological polar surface area (TPSA) is 367 Å². The van der Waals surface area contributed by atoms with Gasteiger partial charge < -0.3 is 69.3 Å². The highest BCUT2D eigenvalue weighted by molar-refractivity contribution is 5.98. The molecular weight excluding hydrogens is 887 g/mol. The van der Waals surface area contributed by atoms with Gasteiger partial charge in [0.1, 0.15) is 42.3 Å². The summed E-state index contributed by atoms with van der Waals surface area (Å²) in [6, 6.07) is -8.62. The number of nitrogens with one attached hydrogen (secondary N) is 9. The van der Waals surface area contributed by atoms with Gasteiger partial charge in [0.15, 0.2) is 5.96 Å². The van der Waals surface area contributed by atoms with Crippen molar-refractivity contribution in [2.24, 2.45) is 34.2 Å². The number of amides is 10. The van der Waals surface area contributed by atoms with Crippen molar-refractivity contribution in [3.8, 4) is 0 Å². The summed E-state index contributed by atoms with van der Waals surface area (Å²) in [7, 11) is 1.42. The molecule has 0 aliphatic rings. The quantitative estimate of drug-likeness (QED) is 0.0189. The molecule has 0 aliphatic carbocycles. The van der Waals surface area contributed by atoms with Crippen molar-refractivity contribution in [1.82, 2.24) is 52.8 Å². The van der Waals surface area contributed by atoms with Crippen LogP contribution in [0.3, 0.4) is 0 Å². The van der Waals surface area contributed by atoms with Crippen LogP contribution >= 0.6 is 0 Å². The van der Waals surface area contributed by atoms with Crippen molar-refractivity contribution in [2.45, 2.75) is 163 Å². The lowest BCUT2D eigenvalue weighted by molar-refractivity contribution is -0.138. The second kappa shape index (κ2) is 31.8. The fourth-order valence-electron chi connectivity index (χ4n) is 6.43. The maximum Gasteiger partial charge on any atom is 0.245 e. The van der Waals surface area contributed by atoms with Crippen molar-refractivity contribution in [3.63, 3.8) is 0 Å². The molecule has 0 spiro atoms. The average molecular weight is 968 g/mol. The molecule has 388 valence electrons. The van der Waals surface area contributed by atoms with Gasteiger partial charge in [0.05, 0.1) is 19.2 Å². The maximum absolute atomic E-state index is 14.0. The molecule has 0 heterocycles. The Balaban J connectivity index is 6.30. The number of hydrogen-bond acceptors (Lipinski definition) is 12. The van der Waals surface area contributed by atoms with Gasteiger partial charge in [0.2, 0.25) is 59.1 Å². The Morgan fingerprint density at radius 2 is 1.04 bits per heavy atom. The fourth-order valence-corrected chi connectivity index (χ4v) is 6.43. The Morgan fingerprint density at radius 3 is 1.51 bits per heavy atom.